The van der Waals surface area contributed by atoms with Gasteiger partial charge in [0.1, 0.15) is 12.0 Å². The van der Waals surface area contributed by atoms with Gasteiger partial charge in [0.05, 0.1) is 6.54 Å². The molecule has 4 heteroatoms. The lowest BCUT2D eigenvalue weighted by atomic mass is 9.97. The van der Waals surface area contributed by atoms with Crippen molar-refractivity contribution in [1.29, 1.82) is 0 Å². The Balaban J connectivity index is 1.72. The second kappa shape index (κ2) is 5.98. The van der Waals surface area contributed by atoms with Gasteiger partial charge in [-0.25, -0.2) is 0 Å². The molecular formula is C20H17NO3. The quantitative estimate of drug-likeness (QED) is 0.785. The standard InChI is InChI=1S/C20H17NO3/c22-19-9-16(24-13-20(19)23)12-21-10-14-5-1-3-7-17(14)18-8-4-2-6-15(18)11-21/h1-9,13,23H,10-12H2. The van der Waals surface area contributed by atoms with Gasteiger partial charge in [0, 0.05) is 19.2 Å². The van der Waals surface area contributed by atoms with Gasteiger partial charge in [-0.1, -0.05) is 48.5 Å². The van der Waals surface area contributed by atoms with E-state index in [9.17, 15) is 9.90 Å². The van der Waals surface area contributed by atoms with Gasteiger partial charge in [0.2, 0.25) is 5.43 Å². The predicted molar refractivity (Wildman–Crippen MR) is 91.5 cm³/mol. The molecule has 0 saturated carbocycles. The summed E-state index contributed by atoms with van der Waals surface area (Å²) in [5, 5.41) is 9.34. The molecule has 4 nitrogen and oxygen atoms in total. The monoisotopic (exact) mass is 319 g/mol. The third kappa shape index (κ3) is 2.72. The van der Waals surface area contributed by atoms with Crippen LogP contribution in [0.2, 0.25) is 0 Å². The lowest BCUT2D eigenvalue weighted by Crippen LogP contribution is -2.22. The van der Waals surface area contributed by atoms with Gasteiger partial charge in [-0.3, -0.25) is 9.69 Å². The molecule has 0 atom stereocenters. The molecule has 1 aliphatic rings. The number of nitrogens with zero attached hydrogens (tertiary/aromatic N) is 1. The second-order valence-corrected chi connectivity index (χ2v) is 6.06. The number of rotatable bonds is 2. The zero-order valence-corrected chi connectivity index (χ0v) is 13.1. The SMILES string of the molecule is O=c1cc(CN2Cc3ccccc3-c3ccccc3C2)occ1O. The molecular weight excluding hydrogens is 302 g/mol. The Bertz CT molecular complexity index is 898. The summed E-state index contributed by atoms with van der Waals surface area (Å²) in [5.74, 6) is 0.194. The van der Waals surface area contributed by atoms with E-state index in [0.717, 1.165) is 19.4 Å². The normalized spacial score (nSPS) is 13.8. The highest BCUT2D eigenvalue weighted by molar-refractivity contribution is 5.71. The zero-order valence-electron chi connectivity index (χ0n) is 13.1. The third-order valence-electron chi connectivity index (χ3n) is 4.36. The first-order chi connectivity index (χ1) is 11.7. The van der Waals surface area contributed by atoms with E-state index >= 15 is 0 Å². The van der Waals surface area contributed by atoms with Crippen LogP contribution in [0.3, 0.4) is 0 Å². The highest BCUT2D eigenvalue weighted by atomic mass is 16.4. The van der Waals surface area contributed by atoms with Crippen molar-refractivity contribution >= 4 is 0 Å². The van der Waals surface area contributed by atoms with Crippen LogP contribution >= 0.6 is 0 Å². The fraction of sp³-hybridized carbons (Fsp3) is 0.150. The van der Waals surface area contributed by atoms with E-state index in [1.54, 1.807) is 0 Å². The maximum absolute atomic E-state index is 11.6. The molecule has 0 spiro atoms. The Labute approximate surface area is 139 Å². The number of benzene rings is 2. The van der Waals surface area contributed by atoms with Crippen molar-refractivity contribution in [3.63, 3.8) is 0 Å². The van der Waals surface area contributed by atoms with E-state index < -0.39 is 5.43 Å². The molecule has 0 saturated heterocycles. The van der Waals surface area contributed by atoms with Gasteiger partial charge in [-0.15, -0.1) is 0 Å². The van der Waals surface area contributed by atoms with Gasteiger partial charge in [-0.2, -0.15) is 0 Å². The van der Waals surface area contributed by atoms with Crippen LogP contribution in [-0.4, -0.2) is 10.0 Å². The van der Waals surface area contributed by atoms with Crippen LogP contribution in [0.25, 0.3) is 11.1 Å². The van der Waals surface area contributed by atoms with Gasteiger partial charge in [0.25, 0.3) is 0 Å². The summed E-state index contributed by atoms with van der Waals surface area (Å²) in [7, 11) is 0. The molecule has 1 aliphatic heterocycles. The van der Waals surface area contributed by atoms with Crippen LogP contribution in [0.15, 0.2) is 70.1 Å². The van der Waals surface area contributed by atoms with E-state index in [-0.39, 0.29) is 5.75 Å². The summed E-state index contributed by atoms with van der Waals surface area (Å²) in [6.07, 6.45) is 1.11. The molecule has 0 aliphatic carbocycles. The van der Waals surface area contributed by atoms with E-state index in [2.05, 4.69) is 41.3 Å². The number of hydrogen-bond donors (Lipinski definition) is 1. The van der Waals surface area contributed by atoms with Crippen molar-refractivity contribution < 1.29 is 9.52 Å². The highest BCUT2D eigenvalue weighted by Gasteiger charge is 2.19. The van der Waals surface area contributed by atoms with E-state index in [0.29, 0.717) is 12.3 Å². The maximum atomic E-state index is 11.6. The minimum Gasteiger partial charge on any atom is -0.502 e. The van der Waals surface area contributed by atoms with Crippen LogP contribution in [0.4, 0.5) is 0 Å². The third-order valence-corrected chi connectivity index (χ3v) is 4.36. The molecule has 3 aromatic rings. The van der Waals surface area contributed by atoms with Gasteiger partial charge >= 0.3 is 0 Å². The molecule has 1 N–H and O–H groups in total. The zero-order chi connectivity index (χ0) is 16.5. The largest absolute Gasteiger partial charge is 0.502 e. The molecule has 2 heterocycles. The summed E-state index contributed by atoms with van der Waals surface area (Å²) in [4.78, 5) is 13.9. The van der Waals surface area contributed by atoms with Gasteiger partial charge < -0.3 is 9.52 Å². The molecule has 0 unspecified atom stereocenters. The van der Waals surface area contributed by atoms with Gasteiger partial charge in [-0.05, 0) is 22.3 Å². The summed E-state index contributed by atoms with van der Waals surface area (Å²) in [6.45, 7) is 2.06. The first-order valence-electron chi connectivity index (χ1n) is 7.90. The number of fused-ring (bicyclic) bond motifs is 3. The first-order valence-corrected chi connectivity index (χ1v) is 7.90. The Kier molecular flexibility index (Phi) is 3.67. The van der Waals surface area contributed by atoms with Crippen molar-refractivity contribution in [2.45, 2.75) is 19.6 Å². The van der Waals surface area contributed by atoms with Crippen LogP contribution < -0.4 is 5.43 Å². The predicted octanol–water partition coefficient (Wildman–Crippen LogP) is 3.53. The van der Waals surface area contributed by atoms with Crippen molar-refractivity contribution in [2.75, 3.05) is 0 Å². The summed E-state index contributed by atoms with van der Waals surface area (Å²) >= 11 is 0. The lowest BCUT2D eigenvalue weighted by molar-refractivity contribution is 0.225. The summed E-state index contributed by atoms with van der Waals surface area (Å²) in [5.41, 5.74) is 4.60. The number of aromatic hydroxyl groups is 1. The van der Waals surface area contributed by atoms with Crippen LogP contribution in [-0.2, 0) is 19.6 Å². The molecule has 0 amide bonds. The van der Waals surface area contributed by atoms with Crippen LogP contribution in [0.5, 0.6) is 5.75 Å². The van der Waals surface area contributed by atoms with Gasteiger partial charge in [0.15, 0.2) is 5.75 Å². The molecule has 0 bridgehead atoms. The Morgan fingerprint density at radius 1 is 0.958 bits per heavy atom. The molecule has 0 radical (unpaired) electrons. The second-order valence-electron chi connectivity index (χ2n) is 6.06. The highest BCUT2D eigenvalue weighted by Crippen LogP contribution is 2.32. The average Bonchev–Trinajstić information content (AvgIpc) is 2.74. The molecule has 120 valence electrons. The number of hydrogen-bond acceptors (Lipinski definition) is 4. The minimum absolute atomic E-state index is 0.356. The van der Waals surface area contributed by atoms with E-state index in [4.69, 9.17) is 4.42 Å². The molecule has 4 rings (SSSR count). The Hall–Kier alpha value is -2.85. The van der Waals surface area contributed by atoms with E-state index in [1.165, 1.54) is 28.3 Å². The van der Waals surface area contributed by atoms with Crippen molar-refractivity contribution in [3.05, 3.63) is 88.0 Å². The van der Waals surface area contributed by atoms with Crippen molar-refractivity contribution in [1.82, 2.24) is 4.90 Å². The van der Waals surface area contributed by atoms with Crippen LogP contribution in [0.1, 0.15) is 16.9 Å². The average molecular weight is 319 g/mol. The summed E-state index contributed by atoms with van der Waals surface area (Å²) in [6, 6.07) is 18.1. The molecule has 24 heavy (non-hydrogen) atoms. The minimum atomic E-state index is -0.410. The first kappa shape index (κ1) is 14.7. The summed E-state index contributed by atoms with van der Waals surface area (Å²) < 4.78 is 5.37. The topological polar surface area (TPSA) is 53.7 Å². The Morgan fingerprint density at radius 3 is 2.12 bits per heavy atom. The lowest BCUT2D eigenvalue weighted by Gasteiger charge is -2.20. The van der Waals surface area contributed by atoms with Crippen LogP contribution in [0, 0.1) is 0 Å². The van der Waals surface area contributed by atoms with Crippen molar-refractivity contribution in [2.24, 2.45) is 0 Å². The Morgan fingerprint density at radius 2 is 1.54 bits per heavy atom. The fourth-order valence-corrected chi connectivity index (χ4v) is 3.24. The van der Waals surface area contributed by atoms with E-state index in [1.807, 2.05) is 12.1 Å². The molecule has 1 aromatic heterocycles. The molecule has 2 aromatic carbocycles. The maximum Gasteiger partial charge on any atom is 0.226 e. The fourth-order valence-electron chi connectivity index (χ4n) is 3.24. The smallest absolute Gasteiger partial charge is 0.226 e. The van der Waals surface area contributed by atoms with Crippen molar-refractivity contribution in [3.8, 4) is 16.9 Å². The molecule has 0 fully saturated rings.